The van der Waals surface area contributed by atoms with Gasteiger partial charge in [-0.2, -0.15) is 4.98 Å². The number of pyridine rings is 2. The van der Waals surface area contributed by atoms with E-state index in [0.29, 0.717) is 60.6 Å². The molecule has 1 aliphatic rings. The first-order valence-electron chi connectivity index (χ1n) is 9.30. The number of carbonyl (C=O) groups excluding carboxylic acids is 1. The van der Waals surface area contributed by atoms with Crippen LogP contribution in [0.5, 0.6) is 5.88 Å². The number of hydrogen-bond donors (Lipinski definition) is 1. The number of amides is 1. The predicted molar refractivity (Wildman–Crippen MR) is 104 cm³/mol. The van der Waals surface area contributed by atoms with Crippen LogP contribution in [0.2, 0.25) is 0 Å². The summed E-state index contributed by atoms with van der Waals surface area (Å²) in [7, 11) is 1.72. The first kappa shape index (κ1) is 19.7. The van der Waals surface area contributed by atoms with Gasteiger partial charge in [-0.05, 0) is 18.2 Å². The molecule has 0 unspecified atom stereocenters. The van der Waals surface area contributed by atoms with E-state index < -0.39 is 11.7 Å². The maximum atomic E-state index is 13.2. The molecule has 0 radical (unpaired) electrons. The van der Waals surface area contributed by atoms with Crippen LogP contribution in [0.1, 0.15) is 16.1 Å². The lowest BCUT2D eigenvalue weighted by Crippen LogP contribution is -2.38. The summed E-state index contributed by atoms with van der Waals surface area (Å²) < 4.78 is 26.0. The summed E-state index contributed by atoms with van der Waals surface area (Å²) in [5, 5.41) is 8.11. The quantitative estimate of drug-likeness (QED) is 0.633. The van der Waals surface area contributed by atoms with Crippen molar-refractivity contribution in [3.05, 3.63) is 47.5 Å². The number of nitrogens with two attached hydrogens (primary N) is 1. The minimum Gasteiger partial charge on any atom is -0.471 e. The number of rotatable bonds is 6. The Kier molecular flexibility index (Phi) is 5.53. The highest BCUT2D eigenvalue weighted by Crippen LogP contribution is 2.24. The zero-order chi connectivity index (χ0) is 21.1. The van der Waals surface area contributed by atoms with Crippen molar-refractivity contribution in [3.63, 3.8) is 0 Å². The minimum absolute atomic E-state index is 0.101. The summed E-state index contributed by atoms with van der Waals surface area (Å²) >= 11 is 0. The molecule has 0 saturated carbocycles. The molecule has 1 aliphatic heterocycles. The molecule has 0 aromatic carbocycles. The van der Waals surface area contributed by atoms with Gasteiger partial charge in [0.05, 0.1) is 30.7 Å². The molecule has 0 bridgehead atoms. The van der Waals surface area contributed by atoms with Crippen molar-refractivity contribution in [3.8, 4) is 17.3 Å². The van der Waals surface area contributed by atoms with E-state index in [2.05, 4.69) is 20.3 Å². The number of primary amides is 1. The number of hydrogen-bond acceptors (Lipinski definition) is 8. The van der Waals surface area contributed by atoms with Crippen molar-refractivity contribution in [2.24, 2.45) is 12.8 Å². The SMILES string of the molecule is Cn1nnc(-c2ccc(F)cn2)c1COc1ccc(C(N)=O)c(N2CCOCC2)n1. The molecular formula is C19H20FN7O3. The van der Waals surface area contributed by atoms with Crippen molar-refractivity contribution in [2.75, 3.05) is 31.2 Å². The smallest absolute Gasteiger partial charge is 0.252 e. The monoisotopic (exact) mass is 413 g/mol. The first-order chi connectivity index (χ1) is 14.5. The zero-order valence-corrected chi connectivity index (χ0v) is 16.3. The third-order valence-electron chi connectivity index (χ3n) is 4.70. The lowest BCUT2D eigenvalue weighted by atomic mass is 10.2. The van der Waals surface area contributed by atoms with Crippen LogP contribution < -0.4 is 15.4 Å². The number of anilines is 1. The van der Waals surface area contributed by atoms with Crippen LogP contribution in [0.25, 0.3) is 11.4 Å². The van der Waals surface area contributed by atoms with Gasteiger partial charge < -0.3 is 20.1 Å². The fourth-order valence-electron chi connectivity index (χ4n) is 3.12. The molecule has 1 saturated heterocycles. The Hall–Kier alpha value is -3.60. The summed E-state index contributed by atoms with van der Waals surface area (Å²) in [5.74, 6) is -0.210. The van der Waals surface area contributed by atoms with Gasteiger partial charge in [-0.3, -0.25) is 9.78 Å². The van der Waals surface area contributed by atoms with E-state index in [9.17, 15) is 9.18 Å². The predicted octanol–water partition coefficient (Wildman–Crippen LogP) is 0.926. The van der Waals surface area contributed by atoms with Gasteiger partial charge in [0, 0.05) is 26.2 Å². The summed E-state index contributed by atoms with van der Waals surface area (Å²) in [6.45, 7) is 2.38. The third-order valence-corrected chi connectivity index (χ3v) is 4.70. The second-order valence-electron chi connectivity index (χ2n) is 6.64. The summed E-state index contributed by atoms with van der Waals surface area (Å²) in [6, 6.07) is 6.02. The molecule has 1 amide bonds. The molecule has 156 valence electrons. The van der Waals surface area contributed by atoms with Crippen LogP contribution in [0.4, 0.5) is 10.2 Å². The molecule has 3 aromatic heterocycles. The maximum Gasteiger partial charge on any atom is 0.252 e. The molecule has 1 fully saturated rings. The number of aromatic nitrogens is 5. The Balaban J connectivity index is 1.58. The van der Waals surface area contributed by atoms with E-state index in [1.54, 1.807) is 23.9 Å². The molecular weight excluding hydrogens is 393 g/mol. The lowest BCUT2D eigenvalue weighted by molar-refractivity contribution is 0.0997. The van der Waals surface area contributed by atoms with E-state index >= 15 is 0 Å². The van der Waals surface area contributed by atoms with Crippen molar-refractivity contribution in [1.82, 2.24) is 25.0 Å². The number of morpholine rings is 1. The van der Waals surface area contributed by atoms with Crippen LogP contribution in [-0.4, -0.2) is 57.2 Å². The largest absolute Gasteiger partial charge is 0.471 e. The average Bonchev–Trinajstić information content (AvgIpc) is 3.13. The molecule has 0 aliphatic carbocycles. The number of aryl methyl sites for hydroxylation is 1. The average molecular weight is 413 g/mol. The molecule has 4 heterocycles. The molecule has 11 heteroatoms. The zero-order valence-electron chi connectivity index (χ0n) is 16.3. The fraction of sp³-hybridized carbons (Fsp3) is 0.316. The molecule has 4 rings (SSSR count). The number of nitrogens with zero attached hydrogens (tertiary/aromatic N) is 6. The Morgan fingerprint density at radius 1 is 1.27 bits per heavy atom. The van der Waals surface area contributed by atoms with E-state index in [4.69, 9.17) is 15.2 Å². The minimum atomic E-state index is -0.559. The fourth-order valence-corrected chi connectivity index (χ4v) is 3.12. The van der Waals surface area contributed by atoms with Crippen molar-refractivity contribution >= 4 is 11.7 Å². The van der Waals surface area contributed by atoms with Gasteiger partial charge in [0.1, 0.15) is 29.6 Å². The highest BCUT2D eigenvalue weighted by molar-refractivity contribution is 5.97. The van der Waals surface area contributed by atoms with Gasteiger partial charge in [0.25, 0.3) is 5.91 Å². The number of halogens is 1. The number of carbonyl (C=O) groups is 1. The van der Waals surface area contributed by atoms with E-state index in [1.165, 1.54) is 12.1 Å². The maximum absolute atomic E-state index is 13.2. The van der Waals surface area contributed by atoms with Gasteiger partial charge in [-0.1, -0.05) is 5.21 Å². The van der Waals surface area contributed by atoms with Gasteiger partial charge >= 0.3 is 0 Å². The van der Waals surface area contributed by atoms with Gasteiger partial charge in [-0.25, -0.2) is 9.07 Å². The highest BCUT2D eigenvalue weighted by atomic mass is 19.1. The Morgan fingerprint density at radius 3 is 2.77 bits per heavy atom. The highest BCUT2D eigenvalue weighted by Gasteiger charge is 2.21. The number of ether oxygens (including phenoxy) is 2. The van der Waals surface area contributed by atoms with E-state index in [0.717, 1.165) is 6.20 Å². The van der Waals surface area contributed by atoms with Crippen LogP contribution in [0.3, 0.4) is 0 Å². The van der Waals surface area contributed by atoms with Crippen LogP contribution in [0.15, 0.2) is 30.5 Å². The van der Waals surface area contributed by atoms with Crippen LogP contribution in [0, 0.1) is 5.82 Å². The van der Waals surface area contributed by atoms with Crippen LogP contribution in [-0.2, 0) is 18.4 Å². The third kappa shape index (κ3) is 4.06. The van der Waals surface area contributed by atoms with Crippen molar-refractivity contribution in [2.45, 2.75) is 6.61 Å². The van der Waals surface area contributed by atoms with Gasteiger partial charge in [0.15, 0.2) is 0 Å². The molecule has 10 nitrogen and oxygen atoms in total. The summed E-state index contributed by atoms with van der Waals surface area (Å²) in [6.07, 6.45) is 1.12. The Bertz CT molecular complexity index is 1050. The first-order valence-corrected chi connectivity index (χ1v) is 9.30. The topological polar surface area (TPSA) is 121 Å². The van der Waals surface area contributed by atoms with Gasteiger partial charge in [-0.15, -0.1) is 5.10 Å². The van der Waals surface area contributed by atoms with E-state index in [-0.39, 0.29) is 6.61 Å². The van der Waals surface area contributed by atoms with Crippen molar-refractivity contribution < 1.29 is 18.7 Å². The second kappa shape index (κ2) is 8.41. The molecule has 3 aromatic rings. The Labute approximate surface area is 171 Å². The van der Waals surface area contributed by atoms with Gasteiger partial charge in [0.2, 0.25) is 5.88 Å². The normalized spacial score (nSPS) is 14.0. The lowest BCUT2D eigenvalue weighted by Gasteiger charge is -2.29. The Morgan fingerprint density at radius 2 is 2.07 bits per heavy atom. The van der Waals surface area contributed by atoms with E-state index in [1.807, 2.05) is 4.90 Å². The molecule has 30 heavy (non-hydrogen) atoms. The van der Waals surface area contributed by atoms with Crippen LogP contribution >= 0.6 is 0 Å². The standard InChI is InChI=1S/C19H20FN7O3/c1-26-15(17(24-25-26)14-4-2-12(20)10-22-14)11-30-16-5-3-13(18(21)28)19(23-16)27-6-8-29-9-7-27/h2-5,10H,6-9,11H2,1H3,(H2,21,28). The summed E-state index contributed by atoms with van der Waals surface area (Å²) in [4.78, 5) is 22.3. The second-order valence-corrected chi connectivity index (χ2v) is 6.64. The summed E-state index contributed by atoms with van der Waals surface area (Å²) in [5.41, 5.74) is 7.44. The van der Waals surface area contributed by atoms with Crippen molar-refractivity contribution in [1.29, 1.82) is 0 Å². The molecule has 2 N–H and O–H groups in total. The molecule has 0 atom stereocenters. The molecule has 0 spiro atoms.